The number of sulfone groups is 1. The summed E-state index contributed by atoms with van der Waals surface area (Å²) in [4.78, 5) is 11.2. The molecule has 41 heavy (non-hydrogen) atoms. The van der Waals surface area contributed by atoms with Crippen LogP contribution in [-0.2, 0) is 36.3 Å². The number of carboxylic acids is 1. The van der Waals surface area contributed by atoms with E-state index >= 15 is 0 Å². The topological polar surface area (TPSA) is 80.7 Å². The van der Waals surface area contributed by atoms with Crippen molar-refractivity contribution in [3.05, 3.63) is 101 Å². The van der Waals surface area contributed by atoms with E-state index in [4.69, 9.17) is 0 Å². The molecule has 5 nitrogen and oxygen atoms in total. The number of alkyl halides is 6. The Hall–Kier alpha value is -3.59. The number of aliphatic carboxylic acids is 1. The average molecular weight is 612 g/mol. The second-order valence-electron chi connectivity index (χ2n) is 9.18. The Morgan fingerprint density at radius 3 is 1.80 bits per heavy atom. The highest BCUT2D eigenvalue weighted by Gasteiger charge is 2.74. The SMILES string of the molecule is O=C(O)C1CC1(c1ccc(C(OCc2c(F)cccc2F)(C(F)(F)F)C(F)(F)F)cc1)S(=O)(=O)c1ccc(F)cc1. The summed E-state index contributed by atoms with van der Waals surface area (Å²) in [5.41, 5.74) is -8.38. The van der Waals surface area contributed by atoms with Gasteiger partial charge in [0.05, 0.1) is 17.4 Å². The molecule has 220 valence electrons. The maximum atomic E-state index is 14.2. The van der Waals surface area contributed by atoms with Crippen LogP contribution in [0.4, 0.5) is 39.5 Å². The first kappa shape index (κ1) is 30.4. The van der Waals surface area contributed by atoms with Crippen LogP contribution in [0.1, 0.15) is 23.1 Å². The zero-order chi connectivity index (χ0) is 30.6. The highest BCUT2D eigenvalue weighted by Crippen LogP contribution is 2.61. The average Bonchev–Trinajstić information content (AvgIpc) is 3.63. The van der Waals surface area contributed by atoms with Crippen molar-refractivity contribution >= 4 is 15.8 Å². The minimum absolute atomic E-state index is 0.257. The molecular weight excluding hydrogens is 595 g/mol. The predicted molar refractivity (Wildman–Crippen MR) is 122 cm³/mol. The molecule has 0 heterocycles. The summed E-state index contributed by atoms with van der Waals surface area (Å²) >= 11 is 0. The monoisotopic (exact) mass is 612 g/mol. The van der Waals surface area contributed by atoms with Crippen LogP contribution in [0, 0.1) is 23.4 Å². The lowest BCUT2D eigenvalue weighted by molar-refractivity contribution is -0.392. The molecule has 2 unspecified atom stereocenters. The van der Waals surface area contributed by atoms with E-state index < -0.39 is 96.5 Å². The fraction of sp³-hybridized carbons (Fsp3) is 0.269. The summed E-state index contributed by atoms with van der Waals surface area (Å²) in [6.45, 7) is -1.79. The minimum Gasteiger partial charge on any atom is -0.481 e. The van der Waals surface area contributed by atoms with Crippen LogP contribution < -0.4 is 0 Å². The summed E-state index contributed by atoms with van der Waals surface area (Å²) < 4.78 is 155. The van der Waals surface area contributed by atoms with Gasteiger partial charge in [0.1, 0.15) is 22.2 Å². The van der Waals surface area contributed by atoms with E-state index in [0.29, 0.717) is 24.3 Å². The third-order valence-electron chi connectivity index (χ3n) is 6.88. The normalized spacial score (nSPS) is 19.7. The lowest BCUT2D eigenvalue weighted by Gasteiger charge is -2.37. The molecule has 1 N–H and O–H groups in total. The quantitative estimate of drug-likeness (QED) is 0.235. The van der Waals surface area contributed by atoms with Crippen LogP contribution >= 0.6 is 0 Å². The lowest BCUT2D eigenvalue weighted by Crippen LogP contribution is -2.56. The highest BCUT2D eigenvalue weighted by molar-refractivity contribution is 7.92. The van der Waals surface area contributed by atoms with Crippen LogP contribution in [0.2, 0.25) is 0 Å². The van der Waals surface area contributed by atoms with Crippen molar-refractivity contribution < 1.29 is 62.6 Å². The number of benzene rings is 3. The molecule has 1 saturated carbocycles. The number of carboxylic acid groups (broad SMARTS) is 1. The van der Waals surface area contributed by atoms with Crippen LogP contribution in [0.5, 0.6) is 0 Å². The van der Waals surface area contributed by atoms with Gasteiger partial charge in [-0.15, -0.1) is 0 Å². The van der Waals surface area contributed by atoms with Crippen LogP contribution in [-0.4, -0.2) is 31.8 Å². The summed E-state index contributed by atoms with van der Waals surface area (Å²) in [6, 6.07) is 6.96. The number of rotatable bonds is 8. The van der Waals surface area contributed by atoms with E-state index in [0.717, 1.165) is 30.3 Å². The number of hydrogen-bond acceptors (Lipinski definition) is 4. The summed E-state index contributed by atoms with van der Waals surface area (Å²) in [5, 5.41) is 9.52. The summed E-state index contributed by atoms with van der Waals surface area (Å²) in [5.74, 6) is -6.97. The van der Waals surface area contributed by atoms with Crippen molar-refractivity contribution in [2.24, 2.45) is 5.92 Å². The molecule has 0 aromatic heterocycles. The molecule has 0 saturated heterocycles. The first-order chi connectivity index (χ1) is 18.9. The summed E-state index contributed by atoms with van der Waals surface area (Å²) in [7, 11) is -4.66. The Labute approximate surface area is 226 Å². The van der Waals surface area contributed by atoms with Crippen molar-refractivity contribution in [2.75, 3.05) is 0 Å². The van der Waals surface area contributed by atoms with E-state index in [1.807, 2.05) is 0 Å². The smallest absolute Gasteiger partial charge is 0.430 e. The zero-order valence-electron chi connectivity index (χ0n) is 20.2. The van der Waals surface area contributed by atoms with Gasteiger partial charge in [0, 0.05) is 11.1 Å². The molecule has 4 rings (SSSR count). The molecule has 0 radical (unpaired) electrons. The van der Waals surface area contributed by atoms with Gasteiger partial charge in [-0.05, 0) is 48.4 Å². The van der Waals surface area contributed by atoms with Crippen molar-refractivity contribution in [1.82, 2.24) is 0 Å². The molecule has 2 atom stereocenters. The summed E-state index contributed by atoms with van der Waals surface area (Å²) in [6.07, 6.45) is -13.1. The van der Waals surface area contributed by atoms with Crippen molar-refractivity contribution in [2.45, 2.75) is 40.6 Å². The Morgan fingerprint density at radius 2 is 1.37 bits per heavy atom. The Kier molecular flexibility index (Phi) is 7.44. The molecule has 0 aliphatic heterocycles. The molecule has 0 amide bonds. The predicted octanol–water partition coefficient (Wildman–Crippen LogP) is 6.41. The van der Waals surface area contributed by atoms with E-state index in [9.17, 15) is 57.8 Å². The molecule has 3 aromatic carbocycles. The Morgan fingerprint density at radius 1 is 0.854 bits per heavy atom. The number of halogens is 9. The first-order valence-corrected chi connectivity index (χ1v) is 12.9. The maximum absolute atomic E-state index is 14.2. The number of carbonyl (C=O) groups is 1. The van der Waals surface area contributed by atoms with Gasteiger partial charge >= 0.3 is 18.3 Å². The fourth-order valence-electron chi connectivity index (χ4n) is 4.70. The molecule has 0 bridgehead atoms. The number of hydrogen-bond donors (Lipinski definition) is 1. The van der Waals surface area contributed by atoms with Gasteiger partial charge in [-0.1, -0.05) is 30.3 Å². The van der Waals surface area contributed by atoms with E-state index in [2.05, 4.69) is 4.74 Å². The van der Waals surface area contributed by atoms with Crippen LogP contribution in [0.15, 0.2) is 71.6 Å². The molecule has 1 aliphatic carbocycles. The van der Waals surface area contributed by atoms with Crippen LogP contribution in [0.25, 0.3) is 0 Å². The maximum Gasteiger partial charge on any atom is 0.430 e. The van der Waals surface area contributed by atoms with Crippen molar-refractivity contribution in [1.29, 1.82) is 0 Å². The Balaban J connectivity index is 1.83. The second kappa shape index (κ2) is 10.0. The van der Waals surface area contributed by atoms with Gasteiger partial charge in [0.15, 0.2) is 9.84 Å². The minimum atomic E-state index is -6.24. The third kappa shape index (κ3) is 4.84. The Bertz CT molecular complexity index is 1530. The fourth-order valence-corrected chi connectivity index (χ4v) is 6.92. The molecule has 1 fully saturated rings. The van der Waals surface area contributed by atoms with Gasteiger partial charge in [0.2, 0.25) is 0 Å². The lowest BCUT2D eigenvalue weighted by atomic mass is 9.90. The zero-order valence-corrected chi connectivity index (χ0v) is 21.0. The molecule has 0 spiro atoms. The molecule has 15 heteroatoms. The molecule has 1 aliphatic rings. The molecular formula is C26H17F9O5S. The second-order valence-corrected chi connectivity index (χ2v) is 11.4. The molecule has 3 aromatic rings. The van der Waals surface area contributed by atoms with Gasteiger partial charge in [0.25, 0.3) is 5.60 Å². The van der Waals surface area contributed by atoms with Crippen molar-refractivity contribution in [3.8, 4) is 0 Å². The van der Waals surface area contributed by atoms with Gasteiger partial charge in [-0.2, -0.15) is 26.3 Å². The standard InChI is InChI=1S/C26H17F9O5S/c27-16-8-10-17(11-9-16)41(38,39)23(12-19(23)22(36)37)14-4-6-15(7-5-14)24(25(30,31)32,26(33,34)35)40-13-18-20(28)2-1-3-21(18)29/h1-11,19H,12-13H2,(H,36,37). The van der Waals surface area contributed by atoms with Gasteiger partial charge in [-0.3, -0.25) is 4.79 Å². The number of ether oxygens (including phenoxy) is 1. The largest absolute Gasteiger partial charge is 0.481 e. The van der Waals surface area contributed by atoms with E-state index in [1.165, 1.54) is 0 Å². The van der Waals surface area contributed by atoms with Crippen molar-refractivity contribution in [3.63, 3.8) is 0 Å². The van der Waals surface area contributed by atoms with Crippen LogP contribution in [0.3, 0.4) is 0 Å². The van der Waals surface area contributed by atoms with Gasteiger partial charge < -0.3 is 9.84 Å². The first-order valence-electron chi connectivity index (χ1n) is 11.4. The van der Waals surface area contributed by atoms with E-state index in [1.54, 1.807) is 0 Å². The van der Waals surface area contributed by atoms with E-state index in [-0.39, 0.29) is 12.1 Å². The highest BCUT2D eigenvalue weighted by atomic mass is 32.2. The van der Waals surface area contributed by atoms with Gasteiger partial charge in [-0.25, -0.2) is 21.6 Å². The third-order valence-corrected chi connectivity index (χ3v) is 9.42.